The molecule has 0 aliphatic carbocycles. The third kappa shape index (κ3) is 5.72. The first-order valence-corrected chi connectivity index (χ1v) is 14.2. The minimum Gasteiger partial charge on any atom is -0.398 e. The number of nitrogen functional groups attached to an aromatic ring is 1. The van der Waals surface area contributed by atoms with Gasteiger partial charge in [-0.1, -0.05) is 121 Å². The maximum absolute atomic E-state index is 7.08. The third-order valence-corrected chi connectivity index (χ3v) is 8.08. The Morgan fingerprint density at radius 2 is 1.10 bits per heavy atom. The Labute approximate surface area is 242 Å². The van der Waals surface area contributed by atoms with Crippen molar-refractivity contribution in [2.75, 3.05) is 5.73 Å². The predicted octanol–water partition coefficient (Wildman–Crippen LogP) is 7.48. The van der Waals surface area contributed by atoms with Crippen molar-refractivity contribution < 1.29 is 0 Å². The zero-order valence-corrected chi connectivity index (χ0v) is 23.2. The van der Waals surface area contributed by atoms with E-state index in [0.717, 1.165) is 35.2 Å². The van der Waals surface area contributed by atoms with Gasteiger partial charge in [0, 0.05) is 12.2 Å². The molecule has 0 aliphatic heterocycles. The molecule has 6 N–H and O–H groups in total. The van der Waals surface area contributed by atoms with Gasteiger partial charge in [0.1, 0.15) is 0 Å². The fourth-order valence-corrected chi connectivity index (χ4v) is 5.82. The van der Waals surface area contributed by atoms with Crippen LogP contribution in [-0.4, -0.2) is 4.90 Å². The van der Waals surface area contributed by atoms with Gasteiger partial charge in [0.2, 0.25) is 0 Å². The molecule has 0 spiro atoms. The van der Waals surface area contributed by atoms with Crippen LogP contribution in [0, 0.1) is 0 Å². The highest BCUT2D eigenvalue weighted by Crippen LogP contribution is 2.35. The molecule has 0 saturated heterocycles. The summed E-state index contributed by atoms with van der Waals surface area (Å²) in [5, 5.41) is 4.72. The lowest BCUT2D eigenvalue weighted by molar-refractivity contribution is 0.129. The maximum Gasteiger partial charge on any atom is 0.0853 e. The van der Waals surface area contributed by atoms with E-state index < -0.39 is 6.17 Å². The zero-order valence-electron chi connectivity index (χ0n) is 23.2. The molecule has 0 fully saturated rings. The minimum atomic E-state index is -0.418. The topological polar surface area (TPSA) is 81.3 Å². The number of hydrogen-bond acceptors (Lipinski definition) is 4. The number of benzene rings is 6. The van der Waals surface area contributed by atoms with E-state index in [1.165, 1.54) is 32.7 Å². The van der Waals surface area contributed by atoms with E-state index in [9.17, 15) is 0 Å². The van der Waals surface area contributed by atoms with Crippen molar-refractivity contribution in [1.29, 1.82) is 0 Å². The van der Waals surface area contributed by atoms with Gasteiger partial charge in [-0.25, -0.2) is 0 Å². The van der Waals surface area contributed by atoms with Gasteiger partial charge in [-0.15, -0.1) is 0 Å². The zero-order chi connectivity index (χ0) is 28.2. The highest BCUT2D eigenvalue weighted by molar-refractivity contribution is 6.10. The molecule has 4 nitrogen and oxygen atoms in total. The Bertz CT molecular complexity index is 1750. The van der Waals surface area contributed by atoms with E-state index in [-0.39, 0.29) is 6.17 Å². The van der Waals surface area contributed by atoms with Crippen molar-refractivity contribution in [2.24, 2.45) is 11.5 Å². The molecule has 2 atom stereocenters. The van der Waals surface area contributed by atoms with Gasteiger partial charge in [-0.2, -0.15) is 0 Å². The van der Waals surface area contributed by atoms with Crippen LogP contribution in [0.3, 0.4) is 0 Å². The van der Waals surface area contributed by atoms with Crippen LogP contribution in [0.1, 0.15) is 40.1 Å². The van der Waals surface area contributed by atoms with Crippen LogP contribution in [0.25, 0.3) is 21.5 Å². The summed E-state index contributed by atoms with van der Waals surface area (Å²) in [6.07, 6.45) is 1.00. The Morgan fingerprint density at radius 1 is 0.537 bits per heavy atom. The predicted molar refractivity (Wildman–Crippen MR) is 172 cm³/mol. The third-order valence-electron chi connectivity index (χ3n) is 8.08. The van der Waals surface area contributed by atoms with Gasteiger partial charge < -0.3 is 17.2 Å². The van der Waals surface area contributed by atoms with E-state index in [0.29, 0.717) is 6.54 Å². The number of rotatable bonds is 9. The summed E-state index contributed by atoms with van der Waals surface area (Å²) in [5.74, 6) is 0. The monoisotopic (exact) mass is 536 g/mol. The molecule has 0 aliphatic rings. The number of nitrogens with zero attached hydrogens (tertiary/aromatic N) is 1. The van der Waals surface area contributed by atoms with E-state index in [2.05, 4.69) is 108 Å². The summed E-state index contributed by atoms with van der Waals surface area (Å²) < 4.78 is 0. The SMILES string of the molecule is Nc1ccc2ccc3ccc(C(N)N(Cc4ccccc4)C(N)c4ccccc4)cc3c2c1CCc1ccccc1. The van der Waals surface area contributed by atoms with E-state index in [4.69, 9.17) is 17.2 Å². The van der Waals surface area contributed by atoms with Crippen molar-refractivity contribution in [3.8, 4) is 0 Å². The highest BCUT2D eigenvalue weighted by Gasteiger charge is 2.24. The Balaban J connectivity index is 1.43. The standard InChI is InChI=1S/C37H36N4/c38-34-23-21-29-19-17-28-18-20-31(24-33(28)35(29)32(34)22-16-26-10-4-1-5-11-26)37(40)41(25-27-12-6-2-7-13-27)36(39)30-14-8-3-9-15-30/h1-15,17-21,23-24,36-37H,16,22,25,38-40H2. The second kappa shape index (κ2) is 11.9. The summed E-state index contributed by atoms with van der Waals surface area (Å²) in [7, 11) is 0. The summed E-state index contributed by atoms with van der Waals surface area (Å²) in [5.41, 5.74) is 27.1. The molecule has 6 aromatic carbocycles. The van der Waals surface area contributed by atoms with Gasteiger partial charge in [-0.3, -0.25) is 4.90 Å². The van der Waals surface area contributed by atoms with Crippen LogP contribution in [0.2, 0.25) is 0 Å². The first-order chi connectivity index (χ1) is 20.1. The fraction of sp³-hybridized carbons (Fsp3) is 0.135. The fourth-order valence-electron chi connectivity index (χ4n) is 5.82. The molecule has 41 heavy (non-hydrogen) atoms. The van der Waals surface area contributed by atoms with Crippen molar-refractivity contribution in [1.82, 2.24) is 4.90 Å². The minimum absolute atomic E-state index is 0.369. The smallest absolute Gasteiger partial charge is 0.0853 e. The number of anilines is 1. The summed E-state index contributed by atoms with van der Waals surface area (Å²) in [6, 6.07) is 46.2. The Hall–Kier alpha value is -4.48. The molecule has 0 amide bonds. The van der Waals surface area contributed by atoms with Crippen LogP contribution in [0.15, 0.2) is 133 Å². The average Bonchev–Trinajstić information content (AvgIpc) is 3.03. The molecule has 0 bridgehead atoms. The Morgan fingerprint density at radius 3 is 1.80 bits per heavy atom. The van der Waals surface area contributed by atoms with Crippen LogP contribution < -0.4 is 17.2 Å². The molecule has 2 unspecified atom stereocenters. The second-order valence-electron chi connectivity index (χ2n) is 10.7. The number of hydrogen-bond donors (Lipinski definition) is 3. The second-order valence-corrected chi connectivity index (χ2v) is 10.7. The highest BCUT2D eigenvalue weighted by atomic mass is 15.3. The molecule has 0 heterocycles. The molecular weight excluding hydrogens is 500 g/mol. The van der Waals surface area contributed by atoms with Crippen LogP contribution >= 0.6 is 0 Å². The number of aryl methyl sites for hydroxylation is 2. The Kier molecular flexibility index (Phi) is 7.79. The maximum atomic E-state index is 7.08. The van der Waals surface area contributed by atoms with Gasteiger partial charge in [0.25, 0.3) is 0 Å². The van der Waals surface area contributed by atoms with E-state index >= 15 is 0 Å². The lowest BCUT2D eigenvalue weighted by Gasteiger charge is -2.35. The van der Waals surface area contributed by atoms with Crippen molar-refractivity contribution in [3.05, 3.63) is 161 Å². The lowest BCUT2D eigenvalue weighted by atomic mass is 9.92. The first kappa shape index (κ1) is 26.7. The van der Waals surface area contributed by atoms with Crippen LogP contribution in [0.4, 0.5) is 5.69 Å². The number of nitrogens with two attached hydrogens (primary N) is 3. The molecule has 6 aromatic rings. The van der Waals surface area contributed by atoms with Crippen LogP contribution in [-0.2, 0) is 19.4 Å². The summed E-state index contributed by atoms with van der Waals surface area (Å²) >= 11 is 0. The normalized spacial score (nSPS) is 13.0. The summed E-state index contributed by atoms with van der Waals surface area (Å²) in [4.78, 5) is 2.17. The molecular formula is C37H36N4. The lowest BCUT2D eigenvalue weighted by Crippen LogP contribution is -2.41. The molecule has 0 saturated carbocycles. The van der Waals surface area contributed by atoms with Crippen LogP contribution in [0.5, 0.6) is 0 Å². The average molecular weight is 537 g/mol. The molecule has 4 heteroatoms. The van der Waals surface area contributed by atoms with Gasteiger partial charge >= 0.3 is 0 Å². The molecule has 0 aromatic heterocycles. The quantitative estimate of drug-likeness (QED) is 0.102. The van der Waals surface area contributed by atoms with Gasteiger partial charge in [0.15, 0.2) is 0 Å². The first-order valence-electron chi connectivity index (χ1n) is 14.2. The summed E-state index contributed by atoms with van der Waals surface area (Å²) in [6.45, 7) is 0.626. The van der Waals surface area contributed by atoms with Crippen molar-refractivity contribution >= 4 is 27.2 Å². The molecule has 204 valence electrons. The number of fused-ring (bicyclic) bond motifs is 3. The molecule has 0 radical (unpaired) electrons. The molecule has 6 rings (SSSR count). The van der Waals surface area contributed by atoms with Gasteiger partial charge in [-0.05, 0) is 74.3 Å². The van der Waals surface area contributed by atoms with E-state index in [1.54, 1.807) is 0 Å². The largest absolute Gasteiger partial charge is 0.398 e. The van der Waals surface area contributed by atoms with Gasteiger partial charge in [0.05, 0.1) is 12.3 Å². The van der Waals surface area contributed by atoms with Crippen molar-refractivity contribution in [3.63, 3.8) is 0 Å². The van der Waals surface area contributed by atoms with Crippen molar-refractivity contribution in [2.45, 2.75) is 31.7 Å². The van der Waals surface area contributed by atoms with E-state index in [1.807, 2.05) is 30.3 Å².